The van der Waals surface area contributed by atoms with E-state index in [-0.39, 0.29) is 17.6 Å². The molecule has 0 N–H and O–H groups in total. The summed E-state index contributed by atoms with van der Waals surface area (Å²) in [5, 5.41) is 1.02. The van der Waals surface area contributed by atoms with Crippen molar-refractivity contribution in [1.29, 1.82) is 0 Å². The zero-order valence-electron chi connectivity index (χ0n) is 21.0. The number of halogens is 1. The lowest BCUT2D eigenvalue weighted by Crippen LogP contribution is -2.47. The highest BCUT2D eigenvalue weighted by Gasteiger charge is 2.32. The van der Waals surface area contributed by atoms with Crippen LogP contribution in [-0.4, -0.2) is 60.7 Å². The number of fused-ring (bicyclic) bond motifs is 1. The molecule has 2 saturated heterocycles. The Labute approximate surface area is 211 Å². The molecular weight excluding hydrogens is 459 g/mol. The topological polar surface area (TPSA) is 67.8 Å². The first-order chi connectivity index (χ1) is 17.5. The maximum absolute atomic E-state index is 13.3. The highest BCUT2D eigenvalue weighted by molar-refractivity contribution is 5.83. The molecule has 1 amide bonds. The van der Waals surface area contributed by atoms with Gasteiger partial charge in [-0.15, -0.1) is 0 Å². The average Bonchev–Trinajstić information content (AvgIpc) is 2.92. The summed E-state index contributed by atoms with van der Waals surface area (Å²) in [6.07, 6.45) is 3.61. The molecular formula is C28H33FN4O3. The second-order valence-corrected chi connectivity index (χ2v) is 9.81. The summed E-state index contributed by atoms with van der Waals surface area (Å²) < 4.78 is 24.3. The third kappa shape index (κ3) is 5.37. The maximum atomic E-state index is 13.3. The molecule has 0 saturated carbocycles. The van der Waals surface area contributed by atoms with Crippen LogP contribution < -0.4 is 14.4 Å². The number of amides is 1. The number of piperidine rings is 2. The first-order valence-corrected chi connectivity index (χ1v) is 12.7. The minimum absolute atomic E-state index is 0.0275. The Hall–Kier alpha value is -3.42. The predicted molar refractivity (Wildman–Crippen MR) is 137 cm³/mol. The zero-order chi connectivity index (χ0) is 25.1. The van der Waals surface area contributed by atoms with E-state index in [1.807, 2.05) is 30.0 Å². The number of aromatic nitrogens is 2. The van der Waals surface area contributed by atoms with Crippen molar-refractivity contribution < 1.29 is 18.7 Å². The molecule has 0 radical (unpaired) electrons. The molecule has 3 aromatic rings. The van der Waals surface area contributed by atoms with E-state index in [9.17, 15) is 9.18 Å². The zero-order valence-corrected chi connectivity index (χ0v) is 21.0. The Morgan fingerprint density at radius 3 is 2.53 bits per heavy atom. The Morgan fingerprint density at radius 2 is 1.78 bits per heavy atom. The lowest BCUT2D eigenvalue weighted by Gasteiger charge is -2.37. The number of aryl methyl sites for hydroxylation is 1. The van der Waals surface area contributed by atoms with Gasteiger partial charge in [0.1, 0.15) is 17.3 Å². The number of carbonyl (C=O) groups excluding carboxylic acids is 1. The maximum Gasteiger partial charge on any atom is 0.226 e. The molecule has 1 atom stereocenters. The van der Waals surface area contributed by atoms with Crippen LogP contribution in [0, 0.1) is 24.6 Å². The molecule has 8 heteroatoms. The smallest absolute Gasteiger partial charge is 0.226 e. The molecule has 2 aliphatic heterocycles. The van der Waals surface area contributed by atoms with Crippen molar-refractivity contribution in [3.63, 3.8) is 0 Å². The van der Waals surface area contributed by atoms with Gasteiger partial charge >= 0.3 is 0 Å². The minimum Gasteiger partial charge on any atom is -0.497 e. The minimum atomic E-state index is -0.273. The second kappa shape index (κ2) is 10.7. The number of nitrogens with zero attached hydrogens (tertiary/aromatic N) is 4. The Kier molecular flexibility index (Phi) is 7.20. The summed E-state index contributed by atoms with van der Waals surface area (Å²) in [5.41, 5.74) is 1.82. The molecule has 2 fully saturated rings. The lowest BCUT2D eigenvalue weighted by atomic mass is 9.92. The number of methoxy groups -OCH3 is 1. The van der Waals surface area contributed by atoms with Crippen LogP contribution in [0.1, 0.15) is 31.4 Å². The average molecular weight is 493 g/mol. The van der Waals surface area contributed by atoms with E-state index in [4.69, 9.17) is 19.4 Å². The van der Waals surface area contributed by atoms with Gasteiger partial charge in [0.25, 0.3) is 0 Å². The molecule has 7 nitrogen and oxygen atoms in total. The molecule has 3 heterocycles. The van der Waals surface area contributed by atoms with Gasteiger partial charge in [0.15, 0.2) is 0 Å². The van der Waals surface area contributed by atoms with Crippen LogP contribution in [0.5, 0.6) is 11.5 Å². The highest BCUT2D eigenvalue weighted by Crippen LogP contribution is 2.28. The number of hydrogen-bond donors (Lipinski definition) is 0. The van der Waals surface area contributed by atoms with Crippen molar-refractivity contribution in [2.24, 2.45) is 11.8 Å². The summed E-state index contributed by atoms with van der Waals surface area (Å²) in [6.45, 7) is 5.59. The van der Waals surface area contributed by atoms with E-state index >= 15 is 0 Å². The molecule has 1 unspecified atom stereocenters. The van der Waals surface area contributed by atoms with Crippen molar-refractivity contribution in [3.05, 3.63) is 54.0 Å². The third-order valence-corrected chi connectivity index (χ3v) is 7.34. The molecule has 2 aliphatic rings. The fourth-order valence-electron chi connectivity index (χ4n) is 5.25. The van der Waals surface area contributed by atoms with Crippen LogP contribution in [0.4, 0.5) is 10.3 Å². The number of benzene rings is 2. The van der Waals surface area contributed by atoms with Gasteiger partial charge in [0, 0.05) is 49.5 Å². The van der Waals surface area contributed by atoms with Crippen LogP contribution in [0.25, 0.3) is 10.9 Å². The molecule has 0 spiro atoms. The Balaban J connectivity index is 1.16. The summed E-state index contributed by atoms with van der Waals surface area (Å²) in [5.74, 6) is 2.45. The van der Waals surface area contributed by atoms with E-state index in [2.05, 4.69) is 4.90 Å². The van der Waals surface area contributed by atoms with Gasteiger partial charge < -0.3 is 19.3 Å². The van der Waals surface area contributed by atoms with Gasteiger partial charge in [0.2, 0.25) is 11.9 Å². The number of rotatable bonds is 6. The summed E-state index contributed by atoms with van der Waals surface area (Å²) >= 11 is 0. The van der Waals surface area contributed by atoms with Gasteiger partial charge in [-0.1, -0.05) is 0 Å². The van der Waals surface area contributed by atoms with Crippen LogP contribution in [0.3, 0.4) is 0 Å². The summed E-state index contributed by atoms with van der Waals surface area (Å²) in [7, 11) is 1.65. The third-order valence-electron chi connectivity index (χ3n) is 7.34. The fourth-order valence-corrected chi connectivity index (χ4v) is 5.25. The van der Waals surface area contributed by atoms with Crippen molar-refractivity contribution in [2.75, 3.05) is 44.8 Å². The molecule has 0 bridgehead atoms. The highest BCUT2D eigenvalue weighted by atomic mass is 19.1. The first-order valence-electron chi connectivity index (χ1n) is 12.7. The van der Waals surface area contributed by atoms with Gasteiger partial charge in [-0.2, -0.15) is 0 Å². The number of likely N-dealkylation sites (tertiary alicyclic amines) is 1. The molecule has 0 aliphatic carbocycles. The van der Waals surface area contributed by atoms with Crippen LogP contribution >= 0.6 is 0 Å². The van der Waals surface area contributed by atoms with Crippen LogP contribution in [-0.2, 0) is 4.79 Å². The van der Waals surface area contributed by atoms with Crippen LogP contribution in [0.15, 0.2) is 42.5 Å². The largest absolute Gasteiger partial charge is 0.497 e. The van der Waals surface area contributed by atoms with Crippen molar-refractivity contribution in [2.45, 2.75) is 32.6 Å². The predicted octanol–water partition coefficient (Wildman–Crippen LogP) is 4.62. The monoisotopic (exact) mass is 492 g/mol. The van der Waals surface area contributed by atoms with Crippen molar-refractivity contribution in [3.8, 4) is 11.5 Å². The molecule has 5 rings (SSSR count). The number of anilines is 1. The second-order valence-electron chi connectivity index (χ2n) is 9.81. The van der Waals surface area contributed by atoms with Gasteiger partial charge in [-0.3, -0.25) is 4.79 Å². The molecule has 36 heavy (non-hydrogen) atoms. The van der Waals surface area contributed by atoms with E-state index in [1.165, 1.54) is 12.1 Å². The lowest BCUT2D eigenvalue weighted by molar-refractivity contribution is -0.138. The molecule has 1 aromatic heterocycles. The van der Waals surface area contributed by atoms with E-state index in [1.54, 1.807) is 19.2 Å². The molecule has 190 valence electrons. The van der Waals surface area contributed by atoms with E-state index in [0.29, 0.717) is 18.3 Å². The fraction of sp³-hybridized carbons (Fsp3) is 0.464. The Morgan fingerprint density at radius 1 is 1.03 bits per heavy atom. The van der Waals surface area contributed by atoms with Crippen molar-refractivity contribution >= 4 is 22.8 Å². The SMILES string of the molecule is COc1ccc2c(C)nc(N3CCC(C(=O)N4CCCC(COc5ccc(F)cc5)C4)CC3)nc2c1. The number of ether oxygens (including phenoxy) is 2. The summed E-state index contributed by atoms with van der Waals surface area (Å²) in [4.78, 5) is 27.1. The molecule has 2 aromatic carbocycles. The Bertz CT molecular complexity index is 1210. The van der Waals surface area contributed by atoms with Gasteiger partial charge in [-0.25, -0.2) is 14.4 Å². The number of hydrogen-bond acceptors (Lipinski definition) is 6. The van der Waals surface area contributed by atoms with E-state index < -0.39 is 0 Å². The van der Waals surface area contributed by atoms with Crippen LogP contribution in [0.2, 0.25) is 0 Å². The normalized spacial score (nSPS) is 18.9. The first kappa shape index (κ1) is 24.3. The van der Waals surface area contributed by atoms with E-state index in [0.717, 1.165) is 80.2 Å². The van der Waals surface area contributed by atoms with Gasteiger partial charge in [-0.05, 0) is 69.0 Å². The van der Waals surface area contributed by atoms with Gasteiger partial charge in [0.05, 0.1) is 24.9 Å². The summed E-state index contributed by atoms with van der Waals surface area (Å²) in [6, 6.07) is 12.0. The number of carbonyl (C=O) groups is 1. The van der Waals surface area contributed by atoms with Crippen molar-refractivity contribution in [1.82, 2.24) is 14.9 Å². The quantitative estimate of drug-likeness (QED) is 0.500. The standard InChI is InChI=1S/C28H33FN4O3/c1-19-25-10-9-24(35-2)16-26(25)31-28(30-19)32-14-11-21(12-15-32)27(34)33-13-3-4-20(17-33)18-36-23-7-5-22(29)6-8-23/h5-10,16,20-21H,3-4,11-15,17-18H2,1-2H3.